The van der Waals surface area contributed by atoms with Crippen molar-refractivity contribution >= 4 is 57.5 Å². The zero-order chi connectivity index (χ0) is 43.7. The molecule has 0 atom stereocenters. The second-order valence-corrected chi connectivity index (χ2v) is 16.8. The lowest BCUT2D eigenvalue weighted by atomic mass is 10.1. The lowest BCUT2D eigenvalue weighted by Crippen LogP contribution is -2.25. The number of benzene rings is 4. The Bertz CT molecular complexity index is 2600. The van der Waals surface area contributed by atoms with Crippen molar-refractivity contribution in [2.24, 2.45) is 5.92 Å². The zero-order valence-electron chi connectivity index (χ0n) is 35.8. The van der Waals surface area contributed by atoms with Crippen molar-refractivity contribution in [1.82, 2.24) is 19.9 Å². The number of hydrogen-bond acceptors (Lipinski definition) is 11. The molecule has 0 unspecified atom stereocenters. The number of fused-ring (bicyclic) bond motifs is 1. The van der Waals surface area contributed by atoms with E-state index in [1.54, 1.807) is 12.4 Å². The maximum atomic E-state index is 13.3. The van der Waals surface area contributed by atoms with Crippen LogP contribution in [0.1, 0.15) is 90.2 Å². The van der Waals surface area contributed by atoms with E-state index in [9.17, 15) is 19.2 Å². The number of aromatic nitrogens is 4. The van der Waals surface area contributed by atoms with Crippen molar-refractivity contribution in [2.45, 2.75) is 71.6 Å². The van der Waals surface area contributed by atoms with Crippen LogP contribution in [0.15, 0.2) is 103 Å². The SMILES string of the molecule is CC(C)CC(=O)Nc1ccc(Cc2ncc(CC(=O)OC(=O)Cc3cnc(Cc4ccc(NC(=O)c5ccc6ccccc6c5)cc4)nc3N3CCCC3)c(N3CCCC3)n2)cc1. The van der Waals surface area contributed by atoms with Gasteiger partial charge in [-0.2, -0.15) is 0 Å². The first-order valence-electron chi connectivity index (χ1n) is 21.8. The van der Waals surface area contributed by atoms with E-state index in [0.717, 1.165) is 79.4 Å². The fraction of sp³-hybridized carbons (Fsp3) is 0.320. The molecule has 13 nitrogen and oxygen atoms in total. The Morgan fingerprint density at radius 1 is 0.619 bits per heavy atom. The Labute approximate surface area is 367 Å². The van der Waals surface area contributed by atoms with Crippen LogP contribution in [0.2, 0.25) is 0 Å². The number of carbonyl (C=O) groups is 4. The van der Waals surface area contributed by atoms with Gasteiger partial charge in [0.1, 0.15) is 23.3 Å². The van der Waals surface area contributed by atoms with E-state index in [1.807, 2.05) is 105 Å². The molecule has 2 amide bonds. The number of nitrogens with zero attached hydrogens (tertiary/aromatic N) is 6. The third-order valence-electron chi connectivity index (χ3n) is 11.3. The van der Waals surface area contributed by atoms with Crippen LogP contribution >= 0.6 is 0 Å². The van der Waals surface area contributed by atoms with Crippen LogP contribution in [0.25, 0.3) is 10.8 Å². The summed E-state index contributed by atoms with van der Waals surface area (Å²) in [6.07, 6.45) is 8.47. The fourth-order valence-electron chi connectivity index (χ4n) is 8.10. The predicted molar refractivity (Wildman–Crippen MR) is 244 cm³/mol. The topological polar surface area (TPSA) is 160 Å². The number of rotatable bonds is 15. The molecule has 322 valence electrons. The number of carbonyl (C=O) groups excluding carboxylic acids is 4. The van der Waals surface area contributed by atoms with E-state index in [2.05, 4.69) is 30.4 Å². The van der Waals surface area contributed by atoms with Gasteiger partial charge in [-0.25, -0.2) is 19.9 Å². The Hall–Kier alpha value is -7.02. The van der Waals surface area contributed by atoms with Gasteiger partial charge in [0.25, 0.3) is 5.91 Å². The van der Waals surface area contributed by atoms with E-state index in [1.165, 1.54) is 0 Å². The van der Waals surface area contributed by atoms with Gasteiger partial charge in [0, 0.05) is 85.9 Å². The molecule has 6 aromatic rings. The standard InChI is InChI=1S/C50H52N8O5/c1-33(2)25-45(59)53-41-17-11-34(12-18-41)26-43-51-31-39(48(55-43)57-21-5-6-22-57)29-46(60)63-47(61)30-40-32-52-44(56-49(40)58-23-7-8-24-58)27-35-13-19-42(20-14-35)54-50(62)38-16-15-36-9-3-4-10-37(36)28-38/h3-4,9-20,28,31-33H,5-8,21-27,29-30H2,1-2H3,(H,53,59)(H,54,62). The summed E-state index contributed by atoms with van der Waals surface area (Å²) >= 11 is 0. The lowest BCUT2D eigenvalue weighted by Gasteiger charge is -2.21. The first kappa shape index (κ1) is 42.7. The highest BCUT2D eigenvalue weighted by molar-refractivity contribution is 6.06. The molecule has 0 saturated carbocycles. The van der Waals surface area contributed by atoms with Crippen molar-refractivity contribution in [2.75, 3.05) is 46.6 Å². The van der Waals surface area contributed by atoms with Crippen molar-refractivity contribution in [3.05, 3.63) is 143 Å². The number of amides is 2. The maximum absolute atomic E-state index is 13.3. The van der Waals surface area contributed by atoms with Crippen LogP contribution in [-0.2, 0) is 44.8 Å². The molecule has 2 N–H and O–H groups in total. The fourth-order valence-corrected chi connectivity index (χ4v) is 8.10. The minimum Gasteiger partial charge on any atom is -0.393 e. The molecule has 63 heavy (non-hydrogen) atoms. The molecule has 2 fully saturated rings. The van der Waals surface area contributed by atoms with Crippen molar-refractivity contribution < 1.29 is 23.9 Å². The van der Waals surface area contributed by atoms with Crippen molar-refractivity contribution in [3.63, 3.8) is 0 Å². The van der Waals surface area contributed by atoms with Crippen LogP contribution in [0.4, 0.5) is 23.0 Å². The van der Waals surface area contributed by atoms with Gasteiger partial charge in [-0.05, 0) is 89.9 Å². The Balaban J connectivity index is 0.887. The molecule has 8 rings (SSSR count). The number of anilines is 4. The number of esters is 2. The number of hydrogen-bond donors (Lipinski definition) is 2. The molecule has 0 bridgehead atoms. The molecule has 0 aliphatic carbocycles. The van der Waals surface area contributed by atoms with Gasteiger partial charge in [0.15, 0.2) is 0 Å². The largest absolute Gasteiger partial charge is 0.393 e. The van der Waals surface area contributed by atoms with Crippen molar-refractivity contribution in [1.29, 1.82) is 0 Å². The second kappa shape index (κ2) is 19.8. The van der Waals surface area contributed by atoms with Gasteiger partial charge in [0.2, 0.25) is 5.91 Å². The minimum absolute atomic E-state index is 0.0135. The average molecular weight is 845 g/mol. The monoisotopic (exact) mass is 844 g/mol. The minimum atomic E-state index is -0.678. The van der Waals surface area contributed by atoms with Crippen LogP contribution in [0.3, 0.4) is 0 Å². The van der Waals surface area contributed by atoms with Gasteiger partial charge in [-0.3, -0.25) is 19.2 Å². The summed E-state index contributed by atoms with van der Waals surface area (Å²) in [5.74, 6) is 1.29. The quantitative estimate of drug-likeness (QED) is 0.0765. The van der Waals surface area contributed by atoms with Crippen LogP contribution < -0.4 is 20.4 Å². The van der Waals surface area contributed by atoms with E-state index in [4.69, 9.17) is 14.7 Å². The summed E-state index contributed by atoms with van der Waals surface area (Å²) < 4.78 is 5.40. The first-order valence-corrected chi connectivity index (χ1v) is 21.8. The van der Waals surface area contributed by atoms with E-state index in [0.29, 0.717) is 64.9 Å². The van der Waals surface area contributed by atoms with Gasteiger partial charge < -0.3 is 25.2 Å². The highest BCUT2D eigenvalue weighted by Crippen LogP contribution is 2.27. The average Bonchev–Trinajstić information content (AvgIpc) is 4.02. The zero-order valence-corrected chi connectivity index (χ0v) is 35.8. The van der Waals surface area contributed by atoms with Crippen LogP contribution in [-0.4, -0.2) is 69.9 Å². The Morgan fingerprint density at radius 2 is 1.11 bits per heavy atom. The highest BCUT2D eigenvalue weighted by atomic mass is 16.6. The molecule has 0 radical (unpaired) electrons. The summed E-state index contributed by atoms with van der Waals surface area (Å²) in [5, 5.41) is 8.01. The molecule has 2 aromatic heterocycles. The van der Waals surface area contributed by atoms with Gasteiger partial charge in [0.05, 0.1) is 12.8 Å². The molecular weight excluding hydrogens is 793 g/mol. The maximum Gasteiger partial charge on any atom is 0.318 e. The molecule has 4 heterocycles. The summed E-state index contributed by atoms with van der Waals surface area (Å²) in [6.45, 7) is 7.26. The van der Waals surface area contributed by atoms with E-state index < -0.39 is 11.9 Å². The summed E-state index contributed by atoms with van der Waals surface area (Å²) in [5.41, 5.74) is 5.16. The summed E-state index contributed by atoms with van der Waals surface area (Å²) in [4.78, 5) is 75.2. The Kier molecular flexibility index (Phi) is 13.4. The molecule has 2 aliphatic heterocycles. The summed E-state index contributed by atoms with van der Waals surface area (Å²) in [6, 6.07) is 28.9. The third-order valence-corrected chi connectivity index (χ3v) is 11.3. The normalized spacial score (nSPS) is 13.7. The molecular formula is C50H52N8O5. The van der Waals surface area contributed by atoms with Crippen LogP contribution in [0, 0.1) is 5.92 Å². The Morgan fingerprint density at radius 3 is 1.62 bits per heavy atom. The summed E-state index contributed by atoms with van der Waals surface area (Å²) in [7, 11) is 0. The molecule has 13 heteroatoms. The smallest absolute Gasteiger partial charge is 0.318 e. The molecule has 4 aromatic carbocycles. The highest BCUT2D eigenvalue weighted by Gasteiger charge is 2.25. The number of ether oxygens (including phenoxy) is 1. The third kappa shape index (κ3) is 11.3. The predicted octanol–water partition coefficient (Wildman–Crippen LogP) is 7.89. The molecule has 2 aliphatic rings. The lowest BCUT2D eigenvalue weighted by molar-refractivity contribution is -0.158. The van der Waals surface area contributed by atoms with Gasteiger partial charge >= 0.3 is 11.9 Å². The number of nitrogens with one attached hydrogen (secondary N) is 2. The molecule has 0 spiro atoms. The first-order chi connectivity index (χ1) is 30.6. The van der Waals surface area contributed by atoms with Gasteiger partial charge in [-0.15, -0.1) is 0 Å². The van der Waals surface area contributed by atoms with E-state index in [-0.39, 0.29) is 30.6 Å². The van der Waals surface area contributed by atoms with Crippen LogP contribution in [0.5, 0.6) is 0 Å². The molecule has 2 saturated heterocycles. The van der Waals surface area contributed by atoms with Gasteiger partial charge in [-0.1, -0.05) is 68.4 Å². The second-order valence-electron chi connectivity index (χ2n) is 16.8. The van der Waals surface area contributed by atoms with E-state index >= 15 is 0 Å². The van der Waals surface area contributed by atoms with Crippen molar-refractivity contribution in [3.8, 4) is 0 Å².